The highest BCUT2D eigenvalue weighted by Crippen LogP contribution is 2.29. The maximum absolute atomic E-state index is 4.16. The molecule has 0 unspecified atom stereocenters. The molecule has 1 rings (SSSR count). The first kappa shape index (κ1) is 12.9. The Labute approximate surface area is 95.4 Å². The molecule has 0 aromatic carbocycles. The topological polar surface area (TPSA) is 3.24 Å². The summed E-state index contributed by atoms with van der Waals surface area (Å²) in [5.74, 6) is 0. The molecular weight excluding hydrogens is 186 g/mol. The second-order valence-corrected chi connectivity index (χ2v) is 4.50. The summed E-state index contributed by atoms with van der Waals surface area (Å²) in [7, 11) is 0. The van der Waals surface area contributed by atoms with Crippen molar-refractivity contribution in [2.45, 2.75) is 27.7 Å². The van der Waals surface area contributed by atoms with Crippen LogP contribution in [0.4, 0.5) is 0 Å². The first-order valence-electron chi connectivity index (χ1n) is 6.44. The minimum Gasteiger partial charge on any atom is -0.200 e. The predicted octanol–water partition coefficient (Wildman–Crippen LogP) is 1.68. The Morgan fingerprint density at radius 3 is 1.87 bits per heavy atom. The smallest absolute Gasteiger partial charge is 0.152 e. The average Bonchev–Trinajstić information content (AvgIpc) is 2.26. The lowest BCUT2D eigenvalue weighted by Crippen LogP contribution is -2.82. The van der Waals surface area contributed by atoms with Crippen molar-refractivity contribution in [1.82, 2.24) is 5.12 Å². The van der Waals surface area contributed by atoms with Gasteiger partial charge in [0.1, 0.15) is 13.1 Å². The monoisotopic (exact) mass is 214 g/mol. The molecule has 0 aromatic heterocycles. The van der Waals surface area contributed by atoms with Crippen LogP contribution in [0.3, 0.4) is 0 Å². The molecule has 3 nitrogen and oxygen atoms in total. The number of likely N-dealkylation sites (N-methyl/N-ethyl adjacent to an activating group) is 1. The molecule has 0 amide bonds. The minimum atomic E-state index is 0.979. The van der Waals surface area contributed by atoms with Gasteiger partial charge in [0.2, 0.25) is 0 Å². The quantitative estimate of drug-likeness (QED) is 0.608. The lowest BCUT2D eigenvalue weighted by molar-refractivity contribution is -1.28. The van der Waals surface area contributed by atoms with E-state index in [4.69, 9.17) is 0 Å². The fourth-order valence-electron chi connectivity index (χ4n) is 2.93. The van der Waals surface area contributed by atoms with E-state index in [-0.39, 0.29) is 0 Å². The molecule has 1 aliphatic heterocycles. The van der Waals surface area contributed by atoms with Gasteiger partial charge in [0.15, 0.2) is 6.54 Å². The first-order chi connectivity index (χ1) is 7.14. The third-order valence-corrected chi connectivity index (χ3v) is 4.47. The molecular formula is C12H28N3+2. The Kier molecular flexibility index (Phi) is 4.15. The van der Waals surface area contributed by atoms with Gasteiger partial charge in [0.25, 0.3) is 0 Å². The molecule has 1 heterocycles. The van der Waals surface area contributed by atoms with Crippen LogP contribution in [0.1, 0.15) is 27.7 Å². The molecule has 1 aliphatic rings. The lowest BCUT2D eigenvalue weighted by atomic mass is 10.3. The molecule has 0 aromatic rings. The predicted molar refractivity (Wildman–Crippen MR) is 64.5 cm³/mol. The highest BCUT2D eigenvalue weighted by Gasteiger charge is 2.53. The zero-order valence-electron chi connectivity index (χ0n) is 11.0. The summed E-state index contributed by atoms with van der Waals surface area (Å²) in [6, 6.07) is 0. The van der Waals surface area contributed by atoms with Gasteiger partial charge in [0, 0.05) is 12.0 Å². The standard InChI is InChI=1S/C12H28N3/c1-6-14(7-2,8-3)13-11-12-15(13,9-4)10-5/h1,6-12H2,2-5H3/q+2. The van der Waals surface area contributed by atoms with Crippen LogP contribution < -0.4 is 0 Å². The average molecular weight is 214 g/mol. The van der Waals surface area contributed by atoms with Crippen molar-refractivity contribution in [1.29, 1.82) is 0 Å². The molecule has 89 valence electrons. The van der Waals surface area contributed by atoms with Crippen molar-refractivity contribution < 1.29 is 9.18 Å². The van der Waals surface area contributed by atoms with Crippen molar-refractivity contribution in [2.24, 2.45) is 0 Å². The number of hydrogen-bond donors (Lipinski definition) is 0. The van der Waals surface area contributed by atoms with Crippen LogP contribution in [0.5, 0.6) is 0 Å². The number of nitrogens with zero attached hydrogens (tertiary/aromatic N) is 3. The van der Waals surface area contributed by atoms with Crippen LogP contribution in [0.2, 0.25) is 0 Å². The summed E-state index contributed by atoms with van der Waals surface area (Å²) in [5, 5.41) is 2.65. The maximum Gasteiger partial charge on any atom is 0.152 e. The fourth-order valence-corrected chi connectivity index (χ4v) is 2.93. The van der Waals surface area contributed by atoms with Crippen LogP contribution in [-0.4, -0.2) is 60.1 Å². The van der Waals surface area contributed by atoms with Crippen molar-refractivity contribution >= 4 is 0 Å². The van der Waals surface area contributed by atoms with Crippen LogP contribution in [0.15, 0.2) is 0 Å². The lowest BCUT2D eigenvalue weighted by Gasteiger charge is -2.58. The van der Waals surface area contributed by atoms with Gasteiger partial charge in [0.05, 0.1) is 26.2 Å². The molecule has 3 heteroatoms. The van der Waals surface area contributed by atoms with E-state index in [1.807, 2.05) is 0 Å². The van der Waals surface area contributed by atoms with Crippen molar-refractivity contribution in [3.63, 3.8) is 0 Å². The fraction of sp³-hybridized carbons (Fsp3) is 0.917. The zero-order valence-corrected chi connectivity index (χ0v) is 11.0. The first-order valence-corrected chi connectivity index (χ1v) is 6.44. The van der Waals surface area contributed by atoms with E-state index in [1.165, 1.54) is 39.3 Å². The summed E-state index contributed by atoms with van der Waals surface area (Å²) in [4.78, 5) is 0. The highest BCUT2D eigenvalue weighted by atomic mass is 16.0. The third-order valence-electron chi connectivity index (χ3n) is 4.47. The van der Waals surface area contributed by atoms with Crippen LogP contribution in [0, 0.1) is 6.92 Å². The molecule has 1 saturated heterocycles. The Balaban J connectivity index is 2.86. The minimum absolute atomic E-state index is 0.979. The number of quaternary nitrogens is 2. The molecule has 0 saturated carbocycles. The Morgan fingerprint density at radius 2 is 1.67 bits per heavy atom. The van der Waals surface area contributed by atoms with E-state index in [0.717, 1.165) is 15.7 Å². The van der Waals surface area contributed by atoms with Gasteiger partial charge in [-0.25, -0.2) is 0 Å². The van der Waals surface area contributed by atoms with E-state index < -0.39 is 0 Å². The molecule has 1 radical (unpaired) electrons. The number of hydrogen-bond acceptors (Lipinski definition) is 1. The highest BCUT2D eigenvalue weighted by molar-refractivity contribution is 4.52. The van der Waals surface area contributed by atoms with E-state index >= 15 is 0 Å². The van der Waals surface area contributed by atoms with E-state index in [0.29, 0.717) is 0 Å². The second-order valence-electron chi connectivity index (χ2n) is 4.50. The zero-order chi connectivity index (χ0) is 11.5. The molecule has 0 bridgehead atoms. The Bertz CT molecular complexity index is 181. The van der Waals surface area contributed by atoms with Gasteiger partial charge in [-0.1, -0.05) is 0 Å². The summed E-state index contributed by atoms with van der Waals surface area (Å²) >= 11 is 0. The van der Waals surface area contributed by atoms with Crippen LogP contribution in [0.25, 0.3) is 0 Å². The van der Waals surface area contributed by atoms with E-state index in [9.17, 15) is 0 Å². The maximum atomic E-state index is 4.16. The molecule has 0 atom stereocenters. The van der Waals surface area contributed by atoms with Gasteiger partial charge < -0.3 is 0 Å². The summed E-state index contributed by atoms with van der Waals surface area (Å²) in [6.45, 7) is 21.6. The van der Waals surface area contributed by atoms with Gasteiger partial charge in [-0.3, -0.25) is 0 Å². The van der Waals surface area contributed by atoms with Crippen LogP contribution in [-0.2, 0) is 0 Å². The van der Waals surface area contributed by atoms with Crippen molar-refractivity contribution in [3.8, 4) is 0 Å². The van der Waals surface area contributed by atoms with E-state index in [2.05, 4.69) is 39.7 Å². The summed E-state index contributed by atoms with van der Waals surface area (Å²) in [5.41, 5.74) is 0. The van der Waals surface area contributed by atoms with Crippen molar-refractivity contribution in [2.75, 3.05) is 45.8 Å². The van der Waals surface area contributed by atoms with Gasteiger partial charge in [-0.05, 0) is 27.7 Å². The summed E-state index contributed by atoms with van der Waals surface area (Å²) in [6.07, 6.45) is 0. The molecule has 1 fully saturated rings. The van der Waals surface area contributed by atoms with Crippen LogP contribution >= 0.6 is 0 Å². The number of rotatable bonds is 6. The third kappa shape index (κ3) is 1.81. The van der Waals surface area contributed by atoms with Gasteiger partial charge >= 0.3 is 0 Å². The molecule has 0 aliphatic carbocycles. The normalized spacial score (nSPS) is 21.4. The second kappa shape index (κ2) is 4.81. The van der Waals surface area contributed by atoms with Gasteiger partial charge in [-0.15, -0.1) is 0 Å². The van der Waals surface area contributed by atoms with Crippen molar-refractivity contribution in [3.05, 3.63) is 6.92 Å². The summed E-state index contributed by atoms with van der Waals surface area (Å²) < 4.78 is 2.22. The Hall–Kier alpha value is -0.120. The molecule has 0 N–H and O–H groups in total. The largest absolute Gasteiger partial charge is 0.200 e. The SMILES string of the molecule is [CH2]C[N+](CC)(CC)N1CC[N+]1(CC)CC. The van der Waals surface area contributed by atoms with E-state index in [1.54, 1.807) is 0 Å². The van der Waals surface area contributed by atoms with Gasteiger partial charge in [-0.2, -0.15) is 9.18 Å². The Morgan fingerprint density at radius 1 is 1.13 bits per heavy atom. The molecule has 15 heavy (non-hydrogen) atoms. The molecule has 0 spiro atoms.